The molecule has 0 spiro atoms. The van der Waals surface area contributed by atoms with Crippen molar-refractivity contribution in [2.45, 2.75) is 58.4 Å². The van der Waals surface area contributed by atoms with Gasteiger partial charge in [-0.05, 0) is 50.4 Å². The van der Waals surface area contributed by atoms with Crippen LogP contribution in [0.3, 0.4) is 0 Å². The maximum atomic E-state index is 12.6. The molecule has 2 saturated carbocycles. The van der Waals surface area contributed by atoms with Crippen molar-refractivity contribution < 1.29 is 10.0 Å². The monoisotopic (exact) mass is 267 g/mol. The standard InChI is InChI=1S/C14H25N3O2/c1-3-14(4-2,12(15)17-19)13(18)16-11(9-5-6-9)10-7-8-10/h9-11,19H,3-8H2,1-2H3,(H2,15,17)(H,16,18). The van der Waals surface area contributed by atoms with Crippen LogP contribution in [-0.2, 0) is 4.79 Å². The highest BCUT2D eigenvalue weighted by Gasteiger charge is 2.46. The van der Waals surface area contributed by atoms with Crippen molar-refractivity contribution in [2.75, 3.05) is 0 Å². The maximum absolute atomic E-state index is 12.6. The third kappa shape index (κ3) is 2.69. The summed E-state index contributed by atoms with van der Waals surface area (Å²) in [6, 6.07) is 0.302. The lowest BCUT2D eigenvalue weighted by Crippen LogP contribution is -2.52. The number of rotatable bonds is 7. The molecule has 0 bridgehead atoms. The van der Waals surface area contributed by atoms with Crippen molar-refractivity contribution in [1.82, 2.24) is 5.32 Å². The Bertz CT molecular complexity index is 357. The number of carbonyl (C=O) groups excluding carboxylic acids is 1. The van der Waals surface area contributed by atoms with Crippen LogP contribution in [0.25, 0.3) is 0 Å². The van der Waals surface area contributed by atoms with E-state index in [-0.39, 0.29) is 11.7 Å². The number of nitrogens with two attached hydrogens (primary N) is 1. The quantitative estimate of drug-likeness (QED) is 0.285. The predicted molar refractivity (Wildman–Crippen MR) is 73.8 cm³/mol. The minimum atomic E-state index is -0.864. The molecule has 19 heavy (non-hydrogen) atoms. The van der Waals surface area contributed by atoms with Crippen LogP contribution in [0.2, 0.25) is 0 Å². The van der Waals surface area contributed by atoms with Crippen molar-refractivity contribution >= 4 is 11.7 Å². The lowest BCUT2D eigenvalue weighted by molar-refractivity contribution is -0.129. The Morgan fingerprint density at radius 2 is 1.79 bits per heavy atom. The highest BCUT2D eigenvalue weighted by molar-refractivity contribution is 6.06. The first kappa shape index (κ1) is 14.2. The zero-order chi connectivity index (χ0) is 14.0. The summed E-state index contributed by atoms with van der Waals surface area (Å²) in [6.07, 6.45) is 5.97. The molecule has 2 aliphatic rings. The highest BCUT2D eigenvalue weighted by Crippen LogP contribution is 2.45. The number of nitrogens with one attached hydrogen (secondary N) is 1. The summed E-state index contributed by atoms with van der Waals surface area (Å²) in [4.78, 5) is 12.6. The van der Waals surface area contributed by atoms with Crippen molar-refractivity contribution in [3.8, 4) is 0 Å². The number of amides is 1. The molecular weight excluding hydrogens is 242 g/mol. The van der Waals surface area contributed by atoms with Gasteiger partial charge in [0.25, 0.3) is 0 Å². The van der Waals surface area contributed by atoms with Gasteiger partial charge in [0.2, 0.25) is 5.91 Å². The summed E-state index contributed by atoms with van der Waals surface area (Å²) < 4.78 is 0. The Labute approximate surface area is 114 Å². The zero-order valence-corrected chi connectivity index (χ0v) is 11.9. The van der Waals surface area contributed by atoms with Gasteiger partial charge in [0.1, 0.15) is 5.41 Å². The lowest BCUT2D eigenvalue weighted by atomic mass is 9.79. The van der Waals surface area contributed by atoms with Crippen LogP contribution in [0, 0.1) is 17.3 Å². The average Bonchev–Trinajstić information content (AvgIpc) is 3.31. The molecule has 108 valence electrons. The summed E-state index contributed by atoms with van der Waals surface area (Å²) in [6.45, 7) is 3.81. The number of amidine groups is 1. The van der Waals surface area contributed by atoms with Gasteiger partial charge >= 0.3 is 0 Å². The molecule has 2 aliphatic carbocycles. The lowest BCUT2D eigenvalue weighted by Gasteiger charge is -2.31. The molecule has 0 aliphatic heterocycles. The van der Waals surface area contributed by atoms with Crippen LogP contribution in [0.1, 0.15) is 52.4 Å². The van der Waals surface area contributed by atoms with Crippen LogP contribution >= 0.6 is 0 Å². The molecule has 4 N–H and O–H groups in total. The Kier molecular flexibility index (Phi) is 4.02. The molecule has 0 aromatic carbocycles. The number of hydrogen-bond donors (Lipinski definition) is 3. The van der Waals surface area contributed by atoms with Gasteiger partial charge < -0.3 is 16.3 Å². The summed E-state index contributed by atoms with van der Waals surface area (Å²) >= 11 is 0. The first-order valence-corrected chi connectivity index (χ1v) is 7.38. The topological polar surface area (TPSA) is 87.7 Å². The van der Waals surface area contributed by atoms with E-state index in [2.05, 4.69) is 10.5 Å². The fourth-order valence-corrected chi connectivity index (χ4v) is 2.97. The van der Waals surface area contributed by atoms with Gasteiger partial charge in [-0.2, -0.15) is 0 Å². The Hall–Kier alpha value is -1.26. The third-order valence-corrected chi connectivity index (χ3v) is 4.80. The molecule has 5 heteroatoms. The van der Waals surface area contributed by atoms with Crippen molar-refractivity contribution in [3.63, 3.8) is 0 Å². The second-order valence-electron chi connectivity index (χ2n) is 5.95. The summed E-state index contributed by atoms with van der Waals surface area (Å²) in [5.74, 6) is 1.25. The Morgan fingerprint density at radius 1 is 1.32 bits per heavy atom. The maximum Gasteiger partial charge on any atom is 0.234 e. The van der Waals surface area contributed by atoms with E-state index in [1.165, 1.54) is 25.7 Å². The van der Waals surface area contributed by atoms with Crippen LogP contribution < -0.4 is 11.1 Å². The first-order chi connectivity index (χ1) is 9.08. The minimum absolute atomic E-state index is 0.0281. The largest absolute Gasteiger partial charge is 0.409 e. The highest BCUT2D eigenvalue weighted by atomic mass is 16.4. The molecular formula is C14H25N3O2. The van der Waals surface area contributed by atoms with Gasteiger partial charge in [-0.15, -0.1) is 0 Å². The summed E-state index contributed by atoms with van der Waals surface area (Å²) in [5, 5.41) is 15.2. The van der Waals surface area contributed by atoms with E-state index >= 15 is 0 Å². The molecule has 0 radical (unpaired) electrons. The molecule has 0 aromatic heterocycles. The Balaban J connectivity index is 2.10. The van der Waals surface area contributed by atoms with E-state index in [9.17, 15) is 4.79 Å². The molecule has 0 atom stereocenters. The molecule has 0 unspecified atom stereocenters. The van der Waals surface area contributed by atoms with E-state index in [1.807, 2.05) is 13.8 Å². The van der Waals surface area contributed by atoms with Crippen molar-refractivity contribution in [3.05, 3.63) is 0 Å². The van der Waals surface area contributed by atoms with Crippen LogP contribution in [-0.4, -0.2) is 23.0 Å². The molecule has 2 fully saturated rings. The van der Waals surface area contributed by atoms with E-state index < -0.39 is 5.41 Å². The second-order valence-corrected chi connectivity index (χ2v) is 5.95. The van der Waals surface area contributed by atoms with Crippen LogP contribution in [0.4, 0.5) is 0 Å². The molecule has 0 aromatic rings. The van der Waals surface area contributed by atoms with Crippen LogP contribution in [0.15, 0.2) is 5.16 Å². The van der Waals surface area contributed by atoms with Gasteiger partial charge in [0, 0.05) is 6.04 Å². The SMILES string of the molecule is CCC(CC)(C(=O)NC(C1CC1)C1CC1)C(N)=NO. The number of hydrogen-bond acceptors (Lipinski definition) is 3. The van der Waals surface area contributed by atoms with E-state index in [4.69, 9.17) is 10.9 Å². The smallest absolute Gasteiger partial charge is 0.234 e. The predicted octanol–water partition coefficient (Wildman–Crippen LogP) is 1.84. The van der Waals surface area contributed by atoms with Crippen molar-refractivity contribution in [2.24, 2.45) is 28.1 Å². The number of carbonyl (C=O) groups is 1. The summed E-state index contributed by atoms with van der Waals surface area (Å²) in [7, 11) is 0. The molecule has 2 rings (SSSR count). The van der Waals surface area contributed by atoms with E-state index in [1.54, 1.807) is 0 Å². The third-order valence-electron chi connectivity index (χ3n) is 4.80. The first-order valence-electron chi connectivity index (χ1n) is 7.38. The van der Waals surface area contributed by atoms with Gasteiger partial charge in [0.15, 0.2) is 5.84 Å². The van der Waals surface area contributed by atoms with Gasteiger partial charge in [-0.3, -0.25) is 4.79 Å². The average molecular weight is 267 g/mol. The van der Waals surface area contributed by atoms with Crippen LogP contribution in [0.5, 0.6) is 0 Å². The van der Waals surface area contributed by atoms with Gasteiger partial charge in [-0.25, -0.2) is 0 Å². The molecule has 0 heterocycles. The fraction of sp³-hybridized carbons (Fsp3) is 0.857. The normalized spacial score (nSPS) is 20.7. The summed E-state index contributed by atoms with van der Waals surface area (Å²) in [5.41, 5.74) is 4.91. The second kappa shape index (κ2) is 5.39. The molecule has 1 amide bonds. The van der Waals surface area contributed by atoms with Gasteiger partial charge in [-0.1, -0.05) is 19.0 Å². The molecule has 0 saturated heterocycles. The molecule has 5 nitrogen and oxygen atoms in total. The zero-order valence-electron chi connectivity index (χ0n) is 11.9. The minimum Gasteiger partial charge on any atom is -0.409 e. The van der Waals surface area contributed by atoms with E-state index in [0.29, 0.717) is 30.7 Å². The number of nitrogens with zero attached hydrogens (tertiary/aromatic N) is 1. The Morgan fingerprint density at radius 3 is 2.11 bits per heavy atom. The number of oxime groups is 1. The van der Waals surface area contributed by atoms with Gasteiger partial charge in [0.05, 0.1) is 0 Å². The van der Waals surface area contributed by atoms with E-state index in [0.717, 1.165) is 0 Å². The van der Waals surface area contributed by atoms with Crippen molar-refractivity contribution in [1.29, 1.82) is 0 Å². The fourth-order valence-electron chi connectivity index (χ4n) is 2.97.